The third-order valence-corrected chi connectivity index (χ3v) is 8.24. The van der Waals surface area contributed by atoms with Gasteiger partial charge in [-0.3, -0.25) is 13.9 Å². The summed E-state index contributed by atoms with van der Waals surface area (Å²) < 4.78 is 28.6. The topological polar surface area (TPSA) is 86.8 Å². The molecule has 3 rings (SSSR count). The van der Waals surface area contributed by atoms with Crippen molar-refractivity contribution in [3.05, 3.63) is 95.0 Å². The van der Waals surface area contributed by atoms with E-state index in [1.54, 1.807) is 42.5 Å². The van der Waals surface area contributed by atoms with Crippen LogP contribution in [0.25, 0.3) is 0 Å². The first-order valence-corrected chi connectivity index (χ1v) is 14.3. The van der Waals surface area contributed by atoms with Crippen molar-refractivity contribution in [2.24, 2.45) is 0 Å². The number of halogens is 1. The number of carbonyl (C=O) groups excluding carboxylic acids is 2. The Morgan fingerprint density at radius 2 is 1.53 bits per heavy atom. The van der Waals surface area contributed by atoms with E-state index in [9.17, 15) is 18.0 Å². The maximum Gasteiger partial charge on any atom is 0.264 e. The van der Waals surface area contributed by atoms with Crippen LogP contribution in [-0.2, 0) is 26.2 Å². The lowest BCUT2D eigenvalue weighted by Gasteiger charge is -2.34. The highest BCUT2D eigenvalue weighted by Crippen LogP contribution is 2.31. The maximum atomic E-state index is 14.0. The minimum Gasteiger partial charge on any atom is -0.352 e. The summed E-state index contributed by atoms with van der Waals surface area (Å²) in [6.45, 7) is 7.08. The Kier molecular flexibility index (Phi) is 9.94. The van der Waals surface area contributed by atoms with Crippen molar-refractivity contribution in [1.29, 1.82) is 0 Å². The maximum absolute atomic E-state index is 14.0. The molecule has 7 nitrogen and oxygen atoms in total. The second-order valence-corrected chi connectivity index (χ2v) is 11.6. The predicted octanol–water partition coefficient (Wildman–Crippen LogP) is 5.18. The van der Waals surface area contributed by atoms with Gasteiger partial charge >= 0.3 is 0 Å². The second kappa shape index (κ2) is 12.9. The van der Waals surface area contributed by atoms with Gasteiger partial charge in [-0.25, -0.2) is 8.42 Å². The van der Waals surface area contributed by atoms with E-state index in [4.69, 9.17) is 11.6 Å². The third-order valence-electron chi connectivity index (χ3n) is 6.15. The van der Waals surface area contributed by atoms with Gasteiger partial charge in [0.25, 0.3) is 10.0 Å². The zero-order valence-corrected chi connectivity index (χ0v) is 23.7. The van der Waals surface area contributed by atoms with Crippen molar-refractivity contribution in [2.45, 2.75) is 57.6 Å². The Labute approximate surface area is 230 Å². The van der Waals surface area contributed by atoms with E-state index in [-0.39, 0.29) is 34.1 Å². The summed E-state index contributed by atoms with van der Waals surface area (Å²) in [5, 5.41) is 3.08. The lowest BCUT2D eigenvalue weighted by Crippen LogP contribution is -2.53. The third kappa shape index (κ3) is 6.94. The van der Waals surface area contributed by atoms with Crippen LogP contribution in [-0.4, -0.2) is 43.8 Å². The Balaban J connectivity index is 2.08. The molecule has 0 bridgehead atoms. The molecule has 0 unspecified atom stereocenters. The number of nitrogens with one attached hydrogen (secondary N) is 1. The van der Waals surface area contributed by atoms with E-state index in [0.717, 1.165) is 15.4 Å². The molecule has 0 aromatic heterocycles. The Morgan fingerprint density at radius 1 is 0.921 bits per heavy atom. The normalized spacial score (nSPS) is 12.2. The van der Waals surface area contributed by atoms with Crippen LogP contribution < -0.4 is 9.62 Å². The first-order chi connectivity index (χ1) is 18.1. The Bertz CT molecular complexity index is 1360. The van der Waals surface area contributed by atoms with E-state index in [1.165, 1.54) is 17.0 Å². The van der Waals surface area contributed by atoms with Crippen LogP contribution in [0.15, 0.2) is 83.8 Å². The number of sulfonamides is 1. The van der Waals surface area contributed by atoms with Crippen LogP contribution in [0.4, 0.5) is 5.69 Å². The molecule has 0 saturated carbocycles. The van der Waals surface area contributed by atoms with Gasteiger partial charge in [0, 0.05) is 12.6 Å². The van der Waals surface area contributed by atoms with Gasteiger partial charge < -0.3 is 10.2 Å². The van der Waals surface area contributed by atoms with Crippen molar-refractivity contribution in [2.75, 3.05) is 10.8 Å². The lowest BCUT2D eigenvalue weighted by atomic mass is 10.1. The summed E-state index contributed by atoms with van der Waals surface area (Å²) in [6, 6.07) is 21.1. The average molecular weight is 556 g/mol. The van der Waals surface area contributed by atoms with Crippen LogP contribution in [0.5, 0.6) is 0 Å². The fraction of sp³-hybridized carbons (Fsp3) is 0.310. The number of hydrogen-bond acceptors (Lipinski definition) is 4. The molecule has 0 heterocycles. The highest BCUT2D eigenvalue weighted by atomic mass is 35.5. The molecule has 1 atom stereocenters. The molecule has 0 aliphatic carbocycles. The highest BCUT2D eigenvalue weighted by Gasteiger charge is 2.34. The smallest absolute Gasteiger partial charge is 0.264 e. The molecule has 0 aliphatic heterocycles. The Hall–Kier alpha value is -3.36. The molecule has 3 aromatic rings. The van der Waals surface area contributed by atoms with Crippen LogP contribution in [0.2, 0.25) is 5.02 Å². The summed E-state index contributed by atoms with van der Waals surface area (Å²) >= 11 is 6.43. The summed E-state index contributed by atoms with van der Waals surface area (Å²) in [5.74, 6) is -0.807. The van der Waals surface area contributed by atoms with Crippen molar-refractivity contribution in [1.82, 2.24) is 10.2 Å². The second-order valence-electron chi connectivity index (χ2n) is 9.31. The van der Waals surface area contributed by atoms with Gasteiger partial charge in [0.05, 0.1) is 15.6 Å². The molecule has 0 aliphatic rings. The molecule has 1 N–H and O–H groups in total. The molecule has 9 heteroatoms. The zero-order chi connectivity index (χ0) is 27.9. The van der Waals surface area contributed by atoms with Crippen LogP contribution in [0, 0.1) is 6.92 Å². The van der Waals surface area contributed by atoms with Gasteiger partial charge in [0.2, 0.25) is 11.8 Å². The number of carbonyl (C=O) groups is 2. The quantitative estimate of drug-likeness (QED) is 0.353. The van der Waals surface area contributed by atoms with Crippen LogP contribution in [0.3, 0.4) is 0 Å². The molecule has 3 aromatic carbocycles. The van der Waals surface area contributed by atoms with Gasteiger partial charge in [0.15, 0.2) is 0 Å². The molecular formula is C29H34ClN3O4S. The number of amides is 2. The number of aryl methyl sites for hydroxylation is 1. The van der Waals surface area contributed by atoms with E-state index in [1.807, 2.05) is 52.0 Å². The van der Waals surface area contributed by atoms with E-state index < -0.39 is 28.5 Å². The van der Waals surface area contributed by atoms with Gasteiger partial charge in [-0.1, -0.05) is 73.1 Å². The number of hydrogen-bond donors (Lipinski definition) is 1. The summed E-state index contributed by atoms with van der Waals surface area (Å²) in [5.41, 5.74) is 2.01. The molecule has 0 saturated heterocycles. The predicted molar refractivity (Wildman–Crippen MR) is 152 cm³/mol. The SMILES string of the molecule is CC[C@H](C(=O)NC(C)C)N(Cc1ccccc1C)C(=O)CN(c1ccccc1Cl)S(=O)(=O)c1ccccc1. The number of benzene rings is 3. The summed E-state index contributed by atoms with van der Waals surface area (Å²) in [6.07, 6.45) is 0.355. The van der Waals surface area contributed by atoms with Crippen molar-refractivity contribution in [3.63, 3.8) is 0 Å². The first kappa shape index (κ1) is 29.2. The minimum absolute atomic E-state index is 0.0303. The molecular weight excluding hydrogens is 522 g/mol. The van der Waals surface area contributed by atoms with Gasteiger partial charge in [-0.15, -0.1) is 0 Å². The van der Waals surface area contributed by atoms with Gasteiger partial charge in [-0.05, 0) is 62.6 Å². The molecule has 2 amide bonds. The molecule has 38 heavy (non-hydrogen) atoms. The molecule has 0 fully saturated rings. The minimum atomic E-state index is -4.16. The van der Waals surface area contributed by atoms with E-state index in [2.05, 4.69) is 5.32 Å². The number of anilines is 1. The summed E-state index contributed by atoms with van der Waals surface area (Å²) in [4.78, 5) is 28.7. The van der Waals surface area contributed by atoms with Crippen molar-refractivity contribution in [3.8, 4) is 0 Å². The number of rotatable bonds is 11. The lowest BCUT2D eigenvalue weighted by molar-refractivity contribution is -0.140. The van der Waals surface area contributed by atoms with Gasteiger partial charge in [0.1, 0.15) is 12.6 Å². The van der Waals surface area contributed by atoms with E-state index >= 15 is 0 Å². The van der Waals surface area contributed by atoms with Crippen LogP contribution in [0.1, 0.15) is 38.3 Å². The monoisotopic (exact) mass is 555 g/mol. The standard InChI is InChI=1S/C29H34ClN3O4S/c1-5-26(29(35)31-21(2)3)32(19-23-14-10-9-13-22(23)4)28(34)20-33(27-18-12-11-17-25(27)30)38(36,37)24-15-7-6-8-16-24/h6-18,21,26H,5,19-20H2,1-4H3,(H,31,35)/t26-/m1/s1. The number of para-hydroxylation sites is 1. The molecule has 0 spiro atoms. The fourth-order valence-electron chi connectivity index (χ4n) is 4.16. The molecule has 202 valence electrons. The fourth-order valence-corrected chi connectivity index (χ4v) is 5.90. The molecule has 0 radical (unpaired) electrons. The van der Waals surface area contributed by atoms with Gasteiger partial charge in [-0.2, -0.15) is 0 Å². The number of nitrogens with zero attached hydrogens (tertiary/aromatic N) is 2. The van der Waals surface area contributed by atoms with Crippen molar-refractivity contribution < 1.29 is 18.0 Å². The zero-order valence-electron chi connectivity index (χ0n) is 22.1. The van der Waals surface area contributed by atoms with E-state index in [0.29, 0.717) is 6.42 Å². The highest BCUT2D eigenvalue weighted by molar-refractivity contribution is 7.92. The van der Waals surface area contributed by atoms with Crippen molar-refractivity contribution >= 4 is 39.1 Å². The first-order valence-electron chi connectivity index (χ1n) is 12.5. The summed E-state index contributed by atoms with van der Waals surface area (Å²) in [7, 11) is -4.16. The van der Waals surface area contributed by atoms with Crippen LogP contribution >= 0.6 is 11.6 Å². The Morgan fingerprint density at radius 3 is 2.13 bits per heavy atom. The largest absolute Gasteiger partial charge is 0.352 e. The average Bonchev–Trinajstić information content (AvgIpc) is 2.88.